The van der Waals surface area contributed by atoms with Crippen LogP contribution in [0.2, 0.25) is 0 Å². The van der Waals surface area contributed by atoms with Crippen molar-refractivity contribution in [2.45, 2.75) is 27.7 Å². The molecular weight excluding hydrogens is 731 g/mol. The molecule has 0 fully saturated rings. The van der Waals surface area contributed by atoms with Gasteiger partial charge in [-0.15, -0.1) is 0 Å². The average Bonchev–Trinajstić information content (AvgIpc) is 2.96. The first-order chi connectivity index (χ1) is 21.4. The molecule has 18 heteroatoms. The van der Waals surface area contributed by atoms with Crippen LogP contribution in [0.25, 0.3) is 33.4 Å². The molecule has 46 heavy (non-hydrogen) atoms. The third-order valence-electron chi connectivity index (χ3n) is 6.37. The van der Waals surface area contributed by atoms with Gasteiger partial charge in [0, 0.05) is 47.4 Å². The zero-order valence-electron chi connectivity index (χ0n) is 25.3. The maximum atomic E-state index is 12.1. The van der Waals surface area contributed by atoms with E-state index in [0.29, 0.717) is 5.56 Å². The van der Waals surface area contributed by atoms with Crippen LogP contribution in [0.4, 0.5) is 5.69 Å². The van der Waals surface area contributed by atoms with Crippen molar-refractivity contribution in [1.82, 2.24) is 4.58 Å². The normalized spacial score (nSPS) is 10.8. The van der Waals surface area contributed by atoms with Crippen LogP contribution in [0.15, 0.2) is 65.1 Å². The van der Waals surface area contributed by atoms with Crippen LogP contribution >= 0.6 is 7.82 Å². The van der Waals surface area contributed by atoms with E-state index in [9.17, 15) is 9.90 Å². The van der Waals surface area contributed by atoms with Crippen molar-refractivity contribution in [3.63, 3.8) is 0 Å². The zero-order chi connectivity index (χ0) is 35.2. The Bertz CT molecular complexity index is 1840. The van der Waals surface area contributed by atoms with Gasteiger partial charge in [0.05, 0.1) is 11.6 Å². The van der Waals surface area contributed by atoms with E-state index < -0.39 is 42.7 Å². The van der Waals surface area contributed by atoms with Crippen LogP contribution < -0.4 is 19.7 Å². The van der Waals surface area contributed by atoms with Gasteiger partial charge in [-0.05, 0) is 57.5 Å². The summed E-state index contributed by atoms with van der Waals surface area (Å²) >= 11 is -2.03. The Balaban J connectivity index is 0.000000692. The predicted molar refractivity (Wildman–Crippen MR) is 163 cm³/mol. The number of fused-ring (bicyclic) bond motifs is 2. The number of nitrogens with zero attached hydrogens (tertiary/aromatic N) is 2. The summed E-state index contributed by atoms with van der Waals surface area (Å²) in [4.78, 5) is 37.3. The molecular formula is C28H35MoN2O13PS. The second-order valence-electron chi connectivity index (χ2n) is 9.04. The Morgan fingerprint density at radius 3 is 1.93 bits per heavy atom. The third kappa shape index (κ3) is 13.2. The molecule has 252 valence electrons. The Labute approximate surface area is 273 Å². The number of hydrogen-bond acceptors (Lipinski definition) is 9. The molecule has 0 unspecified atom stereocenters. The van der Waals surface area contributed by atoms with Crippen LogP contribution in [0.5, 0.6) is 0 Å². The van der Waals surface area contributed by atoms with Crippen molar-refractivity contribution in [3.8, 4) is 22.5 Å². The quantitative estimate of drug-likeness (QED) is 0.0597. The van der Waals surface area contributed by atoms with Gasteiger partial charge in [-0.25, -0.2) is 9.37 Å². The molecule has 1 aliphatic heterocycles. The fourth-order valence-corrected chi connectivity index (χ4v) is 4.62. The molecule has 1 aliphatic carbocycles. The van der Waals surface area contributed by atoms with Crippen LogP contribution in [0.1, 0.15) is 38.1 Å². The molecule has 0 radical (unpaired) electrons. The number of phosphoric acid groups is 1. The molecule has 2 aliphatic rings. The summed E-state index contributed by atoms with van der Waals surface area (Å²) in [5.41, 5.74) is 4.62. The summed E-state index contributed by atoms with van der Waals surface area (Å²) in [7, 11) is -9.56. The molecule has 4 rings (SSSR count). The summed E-state index contributed by atoms with van der Waals surface area (Å²) in [6, 6.07) is 19.6. The van der Waals surface area contributed by atoms with Gasteiger partial charge in [0.1, 0.15) is 24.4 Å². The van der Waals surface area contributed by atoms with Crippen LogP contribution in [0, 0.1) is 0 Å². The molecule has 5 N–H and O–H groups in total. The van der Waals surface area contributed by atoms with E-state index in [-0.39, 0.29) is 5.56 Å². The monoisotopic (exact) mass is 768 g/mol. The first-order valence-electron chi connectivity index (χ1n) is 13.5. The molecule has 0 saturated carbocycles. The standard InChI is InChI=1S/C28H30N2O3.Mo.H3O4P.H2O4S.2O/c1-5-29(6-2)19-13-15-23-25(17-19)33-26-18-20(30(7-3)8-4)14-16-24(26)27(23)21-11-9-10-12-22(21)28(31)32;;2*1-5(2,3)4;;/h9-18H,5-8H2,1-4H3;;(H3,1,2,3,4);(H2,1,2,3,4);;. The first kappa shape index (κ1) is 40.7. The Kier molecular flexibility index (Phi) is 16.6. The maximum absolute atomic E-state index is 12.1. The Hall–Kier alpha value is -3.33. The van der Waals surface area contributed by atoms with Gasteiger partial charge in [-0.1, -0.05) is 18.2 Å². The predicted octanol–water partition coefficient (Wildman–Crippen LogP) is 3.11. The van der Waals surface area contributed by atoms with E-state index in [1.807, 2.05) is 12.1 Å². The van der Waals surface area contributed by atoms with Crippen LogP contribution in [-0.4, -0.2) is 64.6 Å². The summed E-state index contributed by atoms with van der Waals surface area (Å²) in [5, 5.41) is 11.9. The molecule has 0 atom stereocenters. The van der Waals surface area contributed by atoms with Crippen molar-refractivity contribution >= 4 is 40.8 Å². The second kappa shape index (κ2) is 18.7. The van der Waals surface area contributed by atoms with E-state index in [1.54, 1.807) is 12.1 Å². The summed E-state index contributed by atoms with van der Waals surface area (Å²) in [5.74, 6) is -0.189. The molecule has 0 aromatic heterocycles. The number of carboxylic acids is 1. The summed E-state index contributed by atoms with van der Waals surface area (Å²) in [6.07, 6.45) is 0. The van der Waals surface area contributed by atoms with Gasteiger partial charge in [0.15, 0.2) is 0 Å². The van der Waals surface area contributed by atoms with E-state index in [1.165, 1.54) is 0 Å². The Morgan fingerprint density at radius 1 is 0.935 bits per heavy atom. The number of rotatable bonds is 7. The molecule has 0 bridgehead atoms. The van der Waals surface area contributed by atoms with E-state index in [2.05, 4.69) is 73.6 Å². The first-order valence-corrected chi connectivity index (χ1v) is 18.0. The van der Waals surface area contributed by atoms with Gasteiger partial charge < -0.3 is 29.1 Å². The van der Waals surface area contributed by atoms with Crippen molar-refractivity contribution in [3.05, 3.63) is 71.6 Å². The average molecular weight is 767 g/mol. The number of carbonyl (C=O) groups is 1. The van der Waals surface area contributed by atoms with Gasteiger partial charge >= 0.3 is 41.7 Å². The Morgan fingerprint density at radius 2 is 1.46 bits per heavy atom. The number of carboxylic acid groups (broad SMARTS) is 1. The SMILES string of the molecule is CCN(CC)c1ccc2c(-c3ccccc3C(=O)O)c3ccc(=[N+](CC)CC)cc-3oc2c1.O=P([O-])(O)O.O=S(=O)(O)O.[O]=[Mo]=[O]. The van der Waals surface area contributed by atoms with E-state index >= 15 is 0 Å². The van der Waals surface area contributed by atoms with Crippen molar-refractivity contribution in [2.75, 3.05) is 31.1 Å². The number of benzene rings is 3. The molecule has 2 aromatic carbocycles. The molecule has 1 heterocycles. The van der Waals surface area contributed by atoms with Crippen molar-refractivity contribution in [1.29, 1.82) is 0 Å². The minimum absolute atomic E-state index is 0.284. The van der Waals surface area contributed by atoms with Crippen molar-refractivity contribution in [2.24, 2.45) is 0 Å². The van der Waals surface area contributed by atoms with Crippen LogP contribution in [-0.2, 0) is 40.2 Å². The molecule has 2 aromatic rings. The molecule has 0 saturated heterocycles. The number of hydrogen-bond donors (Lipinski definition) is 5. The number of anilines is 1. The molecule has 15 nitrogen and oxygen atoms in total. The fraction of sp³-hybridized carbons (Fsp3) is 0.286. The second-order valence-corrected chi connectivity index (χ2v) is 11.3. The third-order valence-corrected chi connectivity index (χ3v) is 6.37. The van der Waals surface area contributed by atoms with Crippen molar-refractivity contribution < 1.29 is 76.4 Å². The van der Waals surface area contributed by atoms with Gasteiger partial charge in [0.2, 0.25) is 5.36 Å². The zero-order valence-corrected chi connectivity index (χ0v) is 29.0. The van der Waals surface area contributed by atoms with Gasteiger partial charge in [-0.2, -0.15) is 8.42 Å². The van der Waals surface area contributed by atoms with Gasteiger partial charge in [0.25, 0.3) is 7.82 Å². The van der Waals surface area contributed by atoms with Gasteiger partial charge in [-0.3, -0.25) is 13.7 Å². The van der Waals surface area contributed by atoms with E-state index in [4.69, 9.17) is 48.0 Å². The summed E-state index contributed by atoms with van der Waals surface area (Å²) < 4.78 is 66.1. The topological polar surface area (TPSA) is 246 Å². The molecule has 0 spiro atoms. The fourth-order valence-electron chi connectivity index (χ4n) is 4.62. The van der Waals surface area contributed by atoms with Crippen LogP contribution in [0.3, 0.4) is 0 Å². The summed E-state index contributed by atoms with van der Waals surface area (Å²) in [6.45, 7) is 12.1. The minimum atomic E-state index is -4.89. The number of aromatic carboxylic acids is 1. The van der Waals surface area contributed by atoms with E-state index in [0.717, 1.165) is 65.1 Å². The molecule has 0 amide bonds.